The first-order valence-electron chi connectivity index (χ1n) is 7.32. The second-order valence-corrected chi connectivity index (χ2v) is 6.39. The van der Waals surface area contributed by atoms with E-state index >= 15 is 0 Å². The minimum absolute atomic E-state index is 0.181. The van der Waals surface area contributed by atoms with Gasteiger partial charge in [-0.15, -0.1) is 0 Å². The highest BCUT2D eigenvalue weighted by Crippen LogP contribution is 2.31. The number of hydrogen-bond donors (Lipinski definition) is 1. The van der Waals surface area contributed by atoms with Crippen LogP contribution in [0.15, 0.2) is 35.4 Å². The third-order valence-corrected chi connectivity index (χ3v) is 4.47. The standard InChI is InChI=1S/C16H17ClN2O4S/c1-3-23-15(21)8-14-19(13(20)9-24-14)10(2)16(22)18-12-6-4-5-11(17)7-12/h4-8,10H,3,9H2,1-2H3,(H,18,22)/b14-8-/t10-/m1/s1. The van der Waals surface area contributed by atoms with Crippen LogP contribution >= 0.6 is 23.4 Å². The molecule has 0 radical (unpaired) electrons. The number of thioether (sulfide) groups is 1. The predicted octanol–water partition coefficient (Wildman–Crippen LogP) is 2.65. The second kappa shape index (κ2) is 8.21. The molecule has 1 heterocycles. The summed E-state index contributed by atoms with van der Waals surface area (Å²) in [4.78, 5) is 37.4. The molecule has 0 bridgehead atoms. The van der Waals surface area contributed by atoms with Gasteiger partial charge in [0.1, 0.15) is 6.04 Å². The molecule has 1 N–H and O–H groups in total. The lowest BCUT2D eigenvalue weighted by atomic mass is 10.2. The van der Waals surface area contributed by atoms with Crippen LogP contribution in [0.4, 0.5) is 5.69 Å². The minimum Gasteiger partial charge on any atom is -0.463 e. The molecule has 1 atom stereocenters. The van der Waals surface area contributed by atoms with Gasteiger partial charge in [-0.25, -0.2) is 4.79 Å². The van der Waals surface area contributed by atoms with Gasteiger partial charge in [0.15, 0.2) is 0 Å². The highest BCUT2D eigenvalue weighted by atomic mass is 35.5. The monoisotopic (exact) mass is 368 g/mol. The van der Waals surface area contributed by atoms with E-state index in [4.69, 9.17) is 16.3 Å². The highest BCUT2D eigenvalue weighted by Gasteiger charge is 2.34. The predicted molar refractivity (Wildman–Crippen MR) is 93.6 cm³/mol. The Kier molecular flexibility index (Phi) is 6.28. The summed E-state index contributed by atoms with van der Waals surface area (Å²) in [6.07, 6.45) is 1.24. The Morgan fingerprint density at radius 3 is 2.92 bits per heavy atom. The molecule has 1 aliphatic rings. The van der Waals surface area contributed by atoms with Gasteiger partial charge in [-0.2, -0.15) is 0 Å². The molecule has 1 fully saturated rings. The maximum atomic E-state index is 12.4. The maximum absolute atomic E-state index is 12.4. The van der Waals surface area contributed by atoms with Crippen molar-refractivity contribution in [2.24, 2.45) is 0 Å². The average molecular weight is 369 g/mol. The Labute approximate surface area is 149 Å². The molecule has 1 saturated heterocycles. The molecule has 0 aromatic heterocycles. The molecule has 1 aromatic carbocycles. The quantitative estimate of drug-likeness (QED) is 0.638. The molecule has 2 amide bonds. The van der Waals surface area contributed by atoms with Crippen molar-refractivity contribution >= 4 is 46.8 Å². The number of amides is 2. The molecule has 0 aliphatic carbocycles. The third kappa shape index (κ3) is 4.52. The van der Waals surface area contributed by atoms with E-state index in [1.165, 1.54) is 22.7 Å². The zero-order valence-corrected chi connectivity index (χ0v) is 14.8. The minimum atomic E-state index is -0.771. The van der Waals surface area contributed by atoms with Crippen LogP contribution in [0.3, 0.4) is 0 Å². The van der Waals surface area contributed by atoms with Crippen LogP contribution in [0.1, 0.15) is 13.8 Å². The van der Waals surface area contributed by atoms with Gasteiger partial charge in [0.2, 0.25) is 11.8 Å². The number of rotatable bonds is 5. The number of halogens is 1. The van der Waals surface area contributed by atoms with Crippen LogP contribution in [-0.2, 0) is 19.1 Å². The van der Waals surface area contributed by atoms with Crippen molar-refractivity contribution in [3.63, 3.8) is 0 Å². The number of anilines is 1. The number of nitrogens with one attached hydrogen (secondary N) is 1. The van der Waals surface area contributed by atoms with Gasteiger partial charge < -0.3 is 10.1 Å². The van der Waals surface area contributed by atoms with Crippen LogP contribution in [0.5, 0.6) is 0 Å². The Hall–Kier alpha value is -1.99. The molecule has 1 aliphatic heterocycles. The number of benzene rings is 1. The van der Waals surface area contributed by atoms with Crippen molar-refractivity contribution < 1.29 is 19.1 Å². The Bertz CT molecular complexity index is 692. The normalized spacial score (nSPS) is 17.0. The van der Waals surface area contributed by atoms with E-state index in [0.717, 1.165) is 0 Å². The van der Waals surface area contributed by atoms with E-state index < -0.39 is 12.0 Å². The fourth-order valence-corrected chi connectivity index (χ4v) is 3.31. The molecule has 6 nitrogen and oxygen atoms in total. The van der Waals surface area contributed by atoms with E-state index in [2.05, 4.69) is 5.32 Å². The first-order chi connectivity index (χ1) is 11.4. The number of nitrogens with zero attached hydrogens (tertiary/aromatic N) is 1. The van der Waals surface area contributed by atoms with E-state index in [-0.39, 0.29) is 24.2 Å². The van der Waals surface area contributed by atoms with Crippen molar-refractivity contribution in [1.29, 1.82) is 0 Å². The maximum Gasteiger partial charge on any atom is 0.333 e. The summed E-state index contributed by atoms with van der Waals surface area (Å²) in [6, 6.07) is 5.95. The molecular formula is C16H17ClN2O4S. The van der Waals surface area contributed by atoms with Gasteiger partial charge in [-0.1, -0.05) is 29.4 Å². The van der Waals surface area contributed by atoms with Gasteiger partial charge in [0.05, 0.1) is 23.5 Å². The molecule has 0 saturated carbocycles. The number of hydrogen-bond acceptors (Lipinski definition) is 5. The van der Waals surface area contributed by atoms with Crippen LogP contribution in [0.25, 0.3) is 0 Å². The fourth-order valence-electron chi connectivity index (χ4n) is 2.13. The smallest absolute Gasteiger partial charge is 0.333 e. The van der Waals surface area contributed by atoms with Gasteiger partial charge in [0.25, 0.3) is 0 Å². The van der Waals surface area contributed by atoms with Crippen molar-refractivity contribution in [2.75, 3.05) is 17.7 Å². The molecule has 8 heteroatoms. The summed E-state index contributed by atoms with van der Waals surface area (Å²) in [6.45, 7) is 3.54. The first-order valence-corrected chi connectivity index (χ1v) is 8.68. The van der Waals surface area contributed by atoms with Gasteiger partial charge >= 0.3 is 5.97 Å². The van der Waals surface area contributed by atoms with E-state index in [1.54, 1.807) is 38.1 Å². The average Bonchev–Trinajstić information content (AvgIpc) is 2.87. The van der Waals surface area contributed by atoms with Crippen LogP contribution in [0.2, 0.25) is 5.02 Å². The highest BCUT2D eigenvalue weighted by molar-refractivity contribution is 8.04. The zero-order chi connectivity index (χ0) is 17.7. The number of ether oxygens (including phenoxy) is 1. The van der Waals surface area contributed by atoms with Gasteiger partial charge in [-0.3, -0.25) is 14.5 Å². The lowest BCUT2D eigenvalue weighted by molar-refractivity contribution is -0.137. The molecule has 24 heavy (non-hydrogen) atoms. The summed E-state index contributed by atoms with van der Waals surface area (Å²) >= 11 is 7.09. The van der Waals surface area contributed by atoms with Crippen molar-refractivity contribution in [3.8, 4) is 0 Å². The topological polar surface area (TPSA) is 75.7 Å². The van der Waals surface area contributed by atoms with E-state index in [9.17, 15) is 14.4 Å². The van der Waals surface area contributed by atoms with Crippen molar-refractivity contribution in [3.05, 3.63) is 40.4 Å². The SMILES string of the molecule is CCOC(=O)/C=C1\SCC(=O)N1[C@H](C)C(=O)Nc1cccc(Cl)c1. The van der Waals surface area contributed by atoms with E-state index in [0.29, 0.717) is 15.7 Å². The zero-order valence-electron chi connectivity index (χ0n) is 13.2. The lowest BCUT2D eigenvalue weighted by Gasteiger charge is -2.24. The summed E-state index contributed by atoms with van der Waals surface area (Å²) in [5.41, 5.74) is 0.537. The number of esters is 1. The summed E-state index contributed by atoms with van der Waals surface area (Å²) in [7, 11) is 0. The van der Waals surface area contributed by atoms with Crippen molar-refractivity contribution in [2.45, 2.75) is 19.9 Å². The number of carbonyl (C=O) groups is 3. The Morgan fingerprint density at radius 1 is 1.50 bits per heavy atom. The van der Waals surface area contributed by atoms with Crippen LogP contribution in [-0.4, -0.2) is 41.1 Å². The second-order valence-electron chi connectivity index (χ2n) is 4.96. The summed E-state index contributed by atoms with van der Waals surface area (Å²) < 4.78 is 4.85. The van der Waals surface area contributed by atoms with E-state index in [1.807, 2.05) is 0 Å². The summed E-state index contributed by atoms with van der Waals surface area (Å²) in [5, 5.41) is 3.61. The molecular weight excluding hydrogens is 352 g/mol. The molecule has 0 spiro atoms. The summed E-state index contributed by atoms with van der Waals surface area (Å²) in [5.74, 6) is -0.964. The Morgan fingerprint density at radius 2 is 2.25 bits per heavy atom. The molecule has 0 unspecified atom stereocenters. The van der Waals surface area contributed by atoms with Gasteiger partial charge in [0, 0.05) is 10.7 Å². The molecule has 128 valence electrons. The number of carbonyl (C=O) groups excluding carboxylic acids is 3. The molecule has 1 aromatic rings. The largest absolute Gasteiger partial charge is 0.463 e. The van der Waals surface area contributed by atoms with Crippen LogP contribution in [0, 0.1) is 0 Å². The molecule has 2 rings (SSSR count). The Balaban J connectivity index is 2.13. The van der Waals surface area contributed by atoms with Crippen LogP contribution < -0.4 is 5.32 Å². The third-order valence-electron chi connectivity index (χ3n) is 3.24. The van der Waals surface area contributed by atoms with Crippen molar-refractivity contribution in [1.82, 2.24) is 4.90 Å². The fraction of sp³-hybridized carbons (Fsp3) is 0.312. The lowest BCUT2D eigenvalue weighted by Crippen LogP contribution is -2.42. The first kappa shape index (κ1) is 18.4. The van der Waals surface area contributed by atoms with Gasteiger partial charge in [-0.05, 0) is 32.0 Å².